The van der Waals surface area contributed by atoms with Crippen molar-refractivity contribution >= 4 is 5.70 Å². The second-order valence-corrected chi connectivity index (χ2v) is 5.41. The van der Waals surface area contributed by atoms with E-state index in [9.17, 15) is 4.39 Å². The Balaban J connectivity index is 1.82. The molecule has 0 spiro atoms. The summed E-state index contributed by atoms with van der Waals surface area (Å²) in [5, 5.41) is 8.93. The highest BCUT2D eigenvalue weighted by Crippen LogP contribution is 2.19. The third-order valence-corrected chi connectivity index (χ3v) is 3.78. The molecule has 0 atom stereocenters. The molecule has 1 aromatic heterocycles. The van der Waals surface area contributed by atoms with Gasteiger partial charge in [0.2, 0.25) is 0 Å². The summed E-state index contributed by atoms with van der Waals surface area (Å²) in [5.74, 6) is -0.217. The average Bonchev–Trinajstić information content (AvgIpc) is 3.15. The monoisotopic (exact) mass is 317 g/mol. The number of nitrogens with zero attached hydrogens (tertiary/aromatic N) is 3. The van der Waals surface area contributed by atoms with Gasteiger partial charge in [0.25, 0.3) is 0 Å². The maximum Gasteiger partial charge on any atom is 0.123 e. The van der Waals surface area contributed by atoms with Crippen LogP contribution in [0, 0.1) is 17.1 Å². The summed E-state index contributed by atoms with van der Waals surface area (Å²) in [7, 11) is 0. The SMILES string of the molecule is N#Cc1ccc(/C(=C/CCc2ccc(F)cc2)n2ccnc2)cc1. The van der Waals surface area contributed by atoms with E-state index in [4.69, 9.17) is 5.26 Å². The third kappa shape index (κ3) is 3.76. The highest BCUT2D eigenvalue weighted by molar-refractivity contribution is 5.66. The zero-order valence-electron chi connectivity index (χ0n) is 13.1. The van der Waals surface area contributed by atoms with Crippen molar-refractivity contribution in [1.82, 2.24) is 9.55 Å². The van der Waals surface area contributed by atoms with Crippen LogP contribution in [0.2, 0.25) is 0 Å². The molecule has 1 heterocycles. The van der Waals surface area contributed by atoms with Gasteiger partial charge in [-0.2, -0.15) is 5.26 Å². The standard InChI is InChI=1S/C20H16FN3/c21-19-10-6-16(7-11-19)2-1-3-20(24-13-12-23-15-24)18-8-4-17(14-22)5-9-18/h3-13,15H,1-2H2/b20-3-. The van der Waals surface area contributed by atoms with Crippen molar-refractivity contribution in [3.05, 3.63) is 95.8 Å². The number of rotatable bonds is 5. The van der Waals surface area contributed by atoms with E-state index in [1.54, 1.807) is 24.7 Å². The van der Waals surface area contributed by atoms with Crippen molar-refractivity contribution in [2.75, 3.05) is 0 Å². The zero-order chi connectivity index (χ0) is 16.8. The lowest BCUT2D eigenvalue weighted by Gasteiger charge is -2.09. The van der Waals surface area contributed by atoms with Crippen LogP contribution in [0.4, 0.5) is 4.39 Å². The molecule has 0 saturated heterocycles. The number of imidazole rings is 1. The molecule has 118 valence electrons. The summed E-state index contributed by atoms with van der Waals surface area (Å²) >= 11 is 0. The van der Waals surface area contributed by atoms with Crippen LogP contribution in [-0.4, -0.2) is 9.55 Å². The molecule has 0 saturated carbocycles. The van der Waals surface area contributed by atoms with E-state index >= 15 is 0 Å². The second-order valence-electron chi connectivity index (χ2n) is 5.41. The van der Waals surface area contributed by atoms with Crippen molar-refractivity contribution in [3.8, 4) is 6.07 Å². The number of allylic oxidation sites excluding steroid dienone is 1. The number of aromatic nitrogens is 2. The smallest absolute Gasteiger partial charge is 0.123 e. The quantitative estimate of drug-likeness (QED) is 0.699. The van der Waals surface area contributed by atoms with Crippen LogP contribution in [0.25, 0.3) is 5.70 Å². The molecule has 4 heteroatoms. The molecule has 0 aliphatic carbocycles. The lowest BCUT2D eigenvalue weighted by Crippen LogP contribution is -1.97. The Kier molecular flexibility index (Phi) is 4.83. The molecule has 0 aliphatic rings. The van der Waals surface area contributed by atoms with Crippen LogP contribution < -0.4 is 0 Å². The van der Waals surface area contributed by atoms with Crippen LogP contribution in [0.5, 0.6) is 0 Å². The van der Waals surface area contributed by atoms with Crippen molar-refractivity contribution in [2.45, 2.75) is 12.8 Å². The van der Waals surface area contributed by atoms with E-state index in [-0.39, 0.29) is 5.82 Å². The molecule has 24 heavy (non-hydrogen) atoms. The number of aryl methyl sites for hydroxylation is 1. The van der Waals surface area contributed by atoms with Gasteiger partial charge in [-0.25, -0.2) is 9.37 Å². The molecule has 0 amide bonds. The van der Waals surface area contributed by atoms with Crippen molar-refractivity contribution in [1.29, 1.82) is 5.26 Å². The molecular weight excluding hydrogens is 301 g/mol. The van der Waals surface area contributed by atoms with E-state index in [1.165, 1.54) is 12.1 Å². The fourth-order valence-corrected chi connectivity index (χ4v) is 2.52. The van der Waals surface area contributed by atoms with Crippen LogP contribution in [0.1, 0.15) is 23.1 Å². The summed E-state index contributed by atoms with van der Waals surface area (Å²) in [6.07, 6.45) is 9.15. The fourth-order valence-electron chi connectivity index (χ4n) is 2.52. The van der Waals surface area contributed by atoms with Crippen LogP contribution in [-0.2, 0) is 6.42 Å². The van der Waals surface area contributed by atoms with Crippen LogP contribution in [0.3, 0.4) is 0 Å². The molecule has 0 N–H and O–H groups in total. The maximum absolute atomic E-state index is 13.0. The minimum Gasteiger partial charge on any atom is -0.306 e. The first kappa shape index (κ1) is 15.7. The van der Waals surface area contributed by atoms with E-state index in [2.05, 4.69) is 17.1 Å². The molecular formula is C20H16FN3. The van der Waals surface area contributed by atoms with Gasteiger partial charge in [-0.05, 0) is 48.2 Å². The van der Waals surface area contributed by atoms with Gasteiger partial charge in [0.05, 0.1) is 18.0 Å². The Morgan fingerprint density at radius 3 is 2.50 bits per heavy atom. The summed E-state index contributed by atoms with van der Waals surface area (Å²) in [6, 6.07) is 16.2. The molecule has 0 bridgehead atoms. The van der Waals surface area contributed by atoms with E-state index < -0.39 is 0 Å². The minimum absolute atomic E-state index is 0.217. The number of halogens is 1. The molecule has 3 aromatic rings. The summed E-state index contributed by atoms with van der Waals surface area (Å²) in [4.78, 5) is 4.11. The molecule has 3 rings (SSSR count). The second kappa shape index (κ2) is 7.38. The summed E-state index contributed by atoms with van der Waals surface area (Å²) in [6.45, 7) is 0. The highest BCUT2D eigenvalue weighted by Gasteiger charge is 2.04. The lowest BCUT2D eigenvalue weighted by atomic mass is 10.1. The predicted molar refractivity (Wildman–Crippen MR) is 91.5 cm³/mol. The molecule has 0 aliphatic heterocycles. The topological polar surface area (TPSA) is 41.6 Å². The van der Waals surface area contributed by atoms with E-state index in [0.717, 1.165) is 29.7 Å². The molecule has 2 aromatic carbocycles. The van der Waals surface area contributed by atoms with Crippen molar-refractivity contribution < 1.29 is 4.39 Å². The van der Waals surface area contributed by atoms with Crippen LogP contribution >= 0.6 is 0 Å². The molecule has 0 radical (unpaired) electrons. The first-order chi connectivity index (χ1) is 11.8. The number of hydrogen-bond acceptors (Lipinski definition) is 2. The van der Waals surface area contributed by atoms with E-state index in [0.29, 0.717) is 5.56 Å². The van der Waals surface area contributed by atoms with Gasteiger partial charge in [0.1, 0.15) is 5.82 Å². The van der Waals surface area contributed by atoms with Gasteiger partial charge in [0, 0.05) is 18.1 Å². The third-order valence-electron chi connectivity index (χ3n) is 3.78. The van der Waals surface area contributed by atoms with Gasteiger partial charge in [-0.1, -0.05) is 30.3 Å². The van der Waals surface area contributed by atoms with Crippen LogP contribution in [0.15, 0.2) is 73.3 Å². The molecule has 3 nitrogen and oxygen atoms in total. The number of hydrogen-bond donors (Lipinski definition) is 0. The Morgan fingerprint density at radius 1 is 1.12 bits per heavy atom. The molecule has 0 fully saturated rings. The largest absolute Gasteiger partial charge is 0.306 e. The fraction of sp³-hybridized carbons (Fsp3) is 0.100. The highest BCUT2D eigenvalue weighted by atomic mass is 19.1. The average molecular weight is 317 g/mol. The lowest BCUT2D eigenvalue weighted by molar-refractivity contribution is 0.627. The Labute approximate surface area is 140 Å². The van der Waals surface area contributed by atoms with Gasteiger partial charge in [-0.3, -0.25) is 0 Å². The number of nitriles is 1. The number of benzene rings is 2. The summed E-state index contributed by atoms with van der Waals surface area (Å²) < 4.78 is 14.9. The van der Waals surface area contributed by atoms with Crippen molar-refractivity contribution in [3.63, 3.8) is 0 Å². The minimum atomic E-state index is -0.217. The normalized spacial score (nSPS) is 11.2. The van der Waals surface area contributed by atoms with Gasteiger partial charge in [-0.15, -0.1) is 0 Å². The first-order valence-electron chi connectivity index (χ1n) is 7.70. The van der Waals surface area contributed by atoms with Gasteiger partial charge in [0.15, 0.2) is 0 Å². The Hall–Kier alpha value is -3.19. The van der Waals surface area contributed by atoms with Gasteiger partial charge >= 0.3 is 0 Å². The Bertz CT molecular complexity index is 855. The van der Waals surface area contributed by atoms with Gasteiger partial charge < -0.3 is 4.57 Å². The first-order valence-corrected chi connectivity index (χ1v) is 7.70. The summed E-state index contributed by atoms with van der Waals surface area (Å²) in [5.41, 5.74) is 3.76. The zero-order valence-corrected chi connectivity index (χ0v) is 13.1. The van der Waals surface area contributed by atoms with E-state index in [1.807, 2.05) is 35.0 Å². The van der Waals surface area contributed by atoms with Crippen molar-refractivity contribution in [2.24, 2.45) is 0 Å². The molecule has 0 unspecified atom stereocenters. The predicted octanol–water partition coefficient (Wildman–Crippen LogP) is 4.42. The Morgan fingerprint density at radius 2 is 1.88 bits per heavy atom. The maximum atomic E-state index is 13.0.